The number of ether oxygens (including phenoxy) is 4. The van der Waals surface area contributed by atoms with Gasteiger partial charge in [-0.15, -0.1) is 0 Å². The Hall–Kier alpha value is -3.54. The van der Waals surface area contributed by atoms with Gasteiger partial charge in [0, 0.05) is 12.5 Å². The molecule has 0 bridgehead atoms. The van der Waals surface area contributed by atoms with Crippen molar-refractivity contribution in [1.82, 2.24) is 0 Å². The molecule has 30 heavy (non-hydrogen) atoms. The maximum atomic E-state index is 12.0. The maximum absolute atomic E-state index is 12.0. The monoisotopic (exact) mass is 410 g/mol. The summed E-state index contributed by atoms with van der Waals surface area (Å²) >= 11 is 0. The number of hydrogen-bond acceptors (Lipinski definition) is 6. The summed E-state index contributed by atoms with van der Waals surface area (Å²) in [6, 6.07) is 12.6. The molecule has 0 spiro atoms. The summed E-state index contributed by atoms with van der Waals surface area (Å²) in [6.07, 6.45) is 5.29. The van der Waals surface area contributed by atoms with Crippen molar-refractivity contribution in [1.29, 1.82) is 0 Å². The predicted octanol–water partition coefficient (Wildman–Crippen LogP) is 4.49. The molecule has 0 unspecified atom stereocenters. The van der Waals surface area contributed by atoms with E-state index in [1.807, 2.05) is 24.3 Å². The second-order valence-corrected chi connectivity index (χ2v) is 6.26. The molecule has 0 saturated carbocycles. The van der Waals surface area contributed by atoms with Gasteiger partial charge >= 0.3 is 5.97 Å². The van der Waals surface area contributed by atoms with Gasteiger partial charge in [0.1, 0.15) is 29.4 Å². The second-order valence-electron chi connectivity index (χ2n) is 6.26. The lowest BCUT2D eigenvalue weighted by Gasteiger charge is -2.14. The van der Waals surface area contributed by atoms with E-state index in [-0.39, 0.29) is 5.78 Å². The van der Waals surface area contributed by atoms with Crippen molar-refractivity contribution >= 4 is 17.8 Å². The zero-order valence-electron chi connectivity index (χ0n) is 17.3. The van der Waals surface area contributed by atoms with Crippen molar-refractivity contribution in [2.45, 2.75) is 13.3 Å². The normalized spacial score (nSPS) is 10.5. The first kappa shape index (κ1) is 22.7. The van der Waals surface area contributed by atoms with E-state index in [1.54, 1.807) is 30.4 Å². The molecule has 0 amide bonds. The highest BCUT2D eigenvalue weighted by Crippen LogP contribution is 2.29. The molecule has 0 aromatic heterocycles. The SMILES string of the molecule is C=CCOc1cccc(OCCCOc2ccc(/C=C/C(=O)OC)cc2)c1C(C)=O. The first-order chi connectivity index (χ1) is 14.5. The minimum Gasteiger partial charge on any atom is -0.493 e. The molecule has 0 saturated heterocycles. The van der Waals surface area contributed by atoms with E-state index in [0.717, 1.165) is 11.3 Å². The van der Waals surface area contributed by atoms with Gasteiger partial charge in [-0.3, -0.25) is 4.79 Å². The molecule has 158 valence electrons. The number of carbonyl (C=O) groups excluding carboxylic acids is 2. The molecule has 0 aliphatic heterocycles. The Morgan fingerprint density at radius 3 is 2.27 bits per heavy atom. The van der Waals surface area contributed by atoms with Gasteiger partial charge in [-0.25, -0.2) is 4.79 Å². The summed E-state index contributed by atoms with van der Waals surface area (Å²) in [6.45, 7) is 6.26. The van der Waals surface area contributed by atoms with Crippen molar-refractivity contribution in [2.75, 3.05) is 26.9 Å². The Morgan fingerprint density at radius 2 is 1.63 bits per heavy atom. The standard InChI is InChI=1S/C24H26O6/c1-4-15-29-21-7-5-8-22(24(21)18(2)25)30-17-6-16-28-20-12-9-19(10-13-20)11-14-23(26)27-3/h4-5,7-14H,1,6,15-17H2,2-3H3/b14-11+. The average molecular weight is 410 g/mol. The Balaban J connectivity index is 1.83. The topological polar surface area (TPSA) is 71.1 Å². The highest BCUT2D eigenvalue weighted by atomic mass is 16.5. The van der Waals surface area contributed by atoms with Crippen LogP contribution in [-0.2, 0) is 9.53 Å². The van der Waals surface area contributed by atoms with E-state index in [4.69, 9.17) is 14.2 Å². The smallest absolute Gasteiger partial charge is 0.330 e. The van der Waals surface area contributed by atoms with Crippen molar-refractivity contribution in [2.24, 2.45) is 0 Å². The van der Waals surface area contributed by atoms with Crippen LogP contribution in [0, 0.1) is 0 Å². The van der Waals surface area contributed by atoms with E-state index in [0.29, 0.717) is 43.3 Å². The van der Waals surface area contributed by atoms with Gasteiger partial charge in [0.25, 0.3) is 0 Å². The number of methoxy groups -OCH3 is 1. The summed E-state index contributed by atoms with van der Waals surface area (Å²) in [7, 11) is 1.33. The summed E-state index contributed by atoms with van der Waals surface area (Å²) < 4.78 is 21.6. The van der Waals surface area contributed by atoms with Crippen LogP contribution in [0.25, 0.3) is 6.08 Å². The van der Waals surface area contributed by atoms with Crippen LogP contribution in [0.4, 0.5) is 0 Å². The summed E-state index contributed by atoms with van der Waals surface area (Å²) in [5.41, 5.74) is 1.29. The van der Waals surface area contributed by atoms with Crippen LogP contribution >= 0.6 is 0 Å². The molecular weight excluding hydrogens is 384 g/mol. The van der Waals surface area contributed by atoms with E-state index in [2.05, 4.69) is 11.3 Å². The molecule has 0 radical (unpaired) electrons. The largest absolute Gasteiger partial charge is 0.493 e. The molecule has 2 aromatic rings. The van der Waals surface area contributed by atoms with Crippen LogP contribution in [0.1, 0.15) is 29.3 Å². The molecule has 0 atom stereocenters. The third kappa shape index (κ3) is 7.13. The fourth-order valence-corrected chi connectivity index (χ4v) is 2.59. The number of esters is 1. The van der Waals surface area contributed by atoms with Crippen molar-refractivity contribution in [3.8, 4) is 17.2 Å². The molecular formula is C24H26O6. The molecule has 0 aliphatic rings. The third-order valence-electron chi connectivity index (χ3n) is 4.00. The average Bonchev–Trinajstić information content (AvgIpc) is 2.76. The van der Waals surface area contributed by atoms with Crippen molar-refractivity contribution in [3.05, 3.63) is 72.3 Å². The highest BCUT2D eigenvalue weighted by Gasteiger charge is 2.15. The molecule has 0 heterocycles. The predicted molar refractivity (Wildman–Crippen MR) is 115 cm³/mol. The molecule has 6 heteroatoms. The number of benzene rings is 2. The Morgan fingerprint density at radius 1 is 0.967 bits per heavy atom. The van der Waals surface area contributed by atoms with Gasteiger partial charge in [-0.2, -0.15) is 0 Å². The van der Waals surface area contributed by atoms with Crippen molar-refractivity contribution < 1.29 is 28.5 Å². The van der Waals surface area contributed by atoms with Gasteiger partial charge in [-0.05, 0) is 42.8 Å². The summed E-state index contributed by atoms with van der Waals surface area (Å²) in [5, 5.41) is 0. The first-order valence-corrected chi connectivity index (χ1v) is 9.54. The van der Waals surface area contributed by atoms with E-state index >= 15 is 0 Å². The molecule has 0 aliphatic carbocycles. The number of Topliss-reactive ketones (excluding diaryl/α,β-unsaturated/α-hetero) is 1. The van der Waals surface area contributed by atoms with E-state index in [9.17, 15) is 9.59 Å². The quantitative estimate of drug-likeness (QED) is 0.169. The Bertz CT molecular complexity index is 883. The summed E-state index contributed by atoms with van der Waals surface area (Å²) in [5.74, 6) is 1.17. The van der Waals surface area contributed by atoms with Crippen LogP contribution in [0.2, 0.25) is 0 Å². The van der Waals surface area contributed by atoms with Crippen molar-refractivity contribution in [3.63, 3.8) is 0 Å². The molecule has 6 nitrogen and oxygen atoms in total. The van der Waals surface area contributed by atoms with Crippen LogP contribution in [0.15, 0.2) is 61.2 Å². The maximum Gasteiger partial charge on any atom is 0.330 e. The van der Waals surface area contributed by atoms with Gasteiger partial charge in [0.15, 0.2) is 5.78 Å². The number of carbonyl (C=O) groups is 2. The lowest BCUT2D eigenvalue weighted by Crippen LogP contribution is -2.09. The number of rotatable bonds is 12. The minimum atomic E-state index is -0.402. The lowest BCUT2D eigenvalue weighted by molar-refractivity contribution is -0.134. The second kappa shape index (κ2) is 12.1. The Labute approximate surface area is 176 Å². The van der Waals surface area contributed by atoms with Crippen LogP contribution in [0.3, 0.4) is 0 Å². The van der Waals surface area contributed by atoms with Crippen LogP contribution in [-0.4, -0.2) is 38.7 Å². The lowest BCUT2D eigenvalue weighted by atomic mass is 10.1. The van der Waals surface area contributed by atoms with Gasteiger partial charge < -0.3 is 18.9 Å². The van der Waals surface area contributed by atoms with Gasteiger partial charge in [0.05, 0.1) is 20.3 Å². The zero-order chi connectivity index (χ0) is 21.8. The molecule has 2 rings (SSSR count). The van der Waals surface area contributed by atoms with Gasteiger partial charge in [-0.1, -0.05) is 30.9 Å². The molecule has 2 aromatic carbocycles. The number of ketones is 1. The summed E-state index contributed by atoms with van der Waals surface area (Å²) in [4.78, 5) is 23.1. The van der Waals surface area contributed by atoms with Gasteiger partial charge in [0.2, 0.25) is 0 Å². The highest BCUT2D eigenvalue weighted by molar-refractivity contribution is 5.99. The fraction of sp³-hybridized carbons (Fsp3) is 0.250. The zero-order valence-corrected chi connectivity index (χ0v) is 17.3. The minimum absolute atomic E-state index is 0.123. The third-order valence-corrected chi connectivity index (χ3v) is 4.00. The van der Waals surface area contributed by atoms with E-state index < -0.39 is 5.97 Å². The van der Waals surface area contributed by atoms with Crippen LogP contribution in [0.5, 0.6) is 17.2 Å². The van der Waals surface area contributed by atoms with Crippen LogP contribution < -0.4 is 14.2 Å². The number of hydrogen-bond donors (Lipinski definition) is 0. The van der Waals surface area contributed by atoms with E-state index in [1.165, 1.54) is 20.1 Å². The molecule has 0 fully saturated rings. The fourth-order valence-electron chi connectivity index (χ4n) is 2.59. The molecule has 0 N–H and O–H groups in total. The first-order valence-electron chi connectivity index (χ1n) is 9.54. The Kier molecular flexibility index (Phi) is 9.18.